The van der Waals surface area contributed by atoms with E-state index >= 15 is 0 Å². The van der Waals surface area contributed by atoms with E-state index in [1.165, 1.54) is 0 Å². The third-order valence-corrected chi connectivity index (χ3v) is 3.22. The van der Waals surface area contributed by atoms with Gasteiger partial charge in [-0.1, -0.05) is 13.3 Å². The summed E-state index contributed by atoms with van der Waals surface area (Å²) >= 11 is 0. The number of rotatable bonds is 4. The van der Waals surface area contributed by atoms with Crippen LogP contribution in [0.4, 0.5) is 5.82 Å². The number of nitrogens with zero attached hydrogens (tertiary/aromatic N) is 2. The van der Waals surface area contributed by atoms with E-state index in [0.29, 0.717) is 0 Å². The molecule has 1 atom stereocenters. The first kappa shape index (κ1) is 13.1. The number of aromatic nitrogens is 2. The van der Waals surface area contributed by atoms with Gasteiger partial charge in [0.05, 0.1) is 11.7 Å². The molecule has 2 heterocycles. The zero-order chi connectivity index (χ0) is 13.0. The van der Waals surface area contributed by atoms with Crippen molar-refractivity contribution >= 4 is 11.7 Å². The number of piperidine rings is 1. The second kappa shape index (κ2) is 6.00. The average molecular weight is 250 g/mol. The molecule has 0 bridgehead atoms. The van der Waals surface area contributed by atoms with Crippen LogP contribution in [0.25, 0.3) is 0 Å². The predicted molar refractivity (Wildman–Crippen MR) is 71.5 cm³/mol. The van der Waals surface area contributed by atoms with E-state index < -0.39 is 0 Å². The maximum absolute atomic E-state index is 12.1. The number of hydrogen-bond acceptors (Lipinski definition) is 3. The molecule has 1 aromatic heterocycles. The summed E-state index contributed by atoms with van der Waals surface area (Å²) in [6, 6.07) is 1.88. The van der Waals surface area contributed by atoms with E-state index in [1.54, 1.807) is 0 Å². The van der Waals surface area contributed by atoms with Gasteiger partial charge in [-0.2, -0.15) is 5.10 Å². The second-order valence-electron chi connectivity index (χ2n) is 4.89. The Labute approximate surface area is 108 Å². The van der Waals surface area contributed by atoms with Gasteiger partial charge in [-0.05, 0) is 32.7 Å². The van der Waals surface area contributed by atoms with Crippen LogP contribution in [0.2, 0.25) is 0 Å². The molecule has 1 aliphatic rings. The highest BCUT2D eigenvalue weighted by molar-refractivity contribution is 5.94. The Hall–Kier alpha value is -1.36. The van der Waals surface area contributed by atoms with Crippen molar-refractivity contribution in [3.8, 4) is 0 Å². The first-order valence-electron chi connectivity index (χ1n) is 6.79. The van der Waals surface area contributed by atoms with Gasteiger partial charge in [0.1, 0.15) is 5.82 Å². The molecule has 0 saturated carbocycles. The summed E-state index contributed by atoms with van der Waals surface area (Å²) in [6.07, 6.45) is 4.22. The van der Waals surface area contributed by atoms with Crippen molar-refractivity contribution in [1.82, 2.24) is 15.1 Å². The van der Waals surface area contributed by atoms with Gasteiger partial charge in [0.2, 0.25) is 5.91 Å². The molecule has 1 amide bonds. The number of aryl methyl sites for hydroxylation is 2. The lowest BCUT2D eigenvalue weighted by atomic mass is 10.0. The second-order valence-corrected chi connectivity index (χ2v) is 4.89. The summed E-state index contributed by atoms with van der Waals surface area (Å²) in [6.45, 7) is 5.82. The zero-order valence-corrected chi connectivity index (χ0v) is 11.2. The van der Waals surface area contributed by atoms with Gasteiger partial charge in [-0.25, -0.2) is 4.68 Å². The Kier molecular flexibility index (Phi) is 4.36. The molecule has 0 aromatic carbocycles. The third kappa shape index (κ3) is 3.10. The van der Waals surface area contributed by atoms with Crippen LogP contribution in [0.15, 0.2) is 6.07 Å². The van der Waals surface area contributed by atoms with Crippen molar-refractivity contribution in [3.63, 3.8) is 0 Å². The molecule has 0 spiro atoms. The fourth-order valence-electron chi connectivity index (χ4n) is 2.32. The van der Waals surface area contributed by atoms with Gasteiger partial charge in [-0.15, -0.1) is 0 Å². The van der Waals surface area contributed by atoms with Crippen molar-refractivity contribution < 1.29 is 4.79 Å². The molecule has 5 nitrogen and oxygen atoms in total. The monoisotopic (exact) mass is 250 g/mol. The van der Waals surface area contributed by atoms with Crippen LogP contribution in [0.3, 0.4) is 0 Å². The van der Waals surface area contributed by atoms with Crippen molar-refractivity contribution in [2.24, 2.45) is 0 Å². The molecule has 2 rings (SSSR count). The fraction of sp³-hybridized carbons (Fsp3) is 0.692. The molecule has 5 heteroatoms. The highest BCUT2D eigenvalue weighted by Crippen LogP contribution is 2.13. The Morgan fingerprint density at radius 2 is 2.44 bits per heavy atom. The third-order valence-electron chi connectivity index (χ3n) is 3.22. The average Bonchev–Trinajstić information content (AvgIpc) is 2.71. The van der Waals surface area contributed by atoms with E-state index in [0.717, 1.165) is 50.3 Å². The van der Waals surface area contributed by atoms with Gasteiger partial charge >= 0.3 is 0 Å². The van der Waals surface area contributed by atoms with Crippen LogP contribution in [-0.2, 0) is 11.3 Å². The maximum atomic E-state index is 12.1. The minimum atomic E-state index is -0.0518. The number of nitrogens with one attached hydrogen (secondary N) is 2. The van der Waals surface area contributed by atoms with Gasteiger partial charge in [0, 0.05) is 12.6 Å². The van der Waals surface area contributed by atoms with Gasteiger partial charge in [0.25, 0.3) is 0 Å². The van der Waals surface area contributed by atoms with Crippen LogP contribution in [-0.4, -0.2) is 28.3 Å². The quantitative estimate of drug-likeness (QED) is 0.855. The standard InChI is InChI=1S/C13H22N4O/c1-3-8-17-12(9-10(2)16-17)15-13(18)11-6-4-5-7-14-11/h9,11,14H,3-8H2,1-2H3,(H,15,18)/t11-/m0/s1. The topological polar surface area (TPSA) is 59.0 Å². The summed E-state index contributed by atoms with van der Waals surface area (Å²) in [5, 5.41) is 10.6. The highest BCUT2D eigenvalue weighted by atomic mass is 16.2. The highest BCUT2D eigenvalue weighted by Gasteiger charge is 2.21. The van der Waals surface area contributed by atoms with Crippen LogP contribution < -0.4 is 10.6 Å². The van der Waals surface area contributed by atoms with Gasteiger partial charge in [-0.3, -0.25) is 4.79 Å². The minimum Gasteiger partial charge on any atom is -0.310 e. The van der Waals surface area contributed by atoms with Crippen molar-refractivity contribution in [3.05, 3.63) is 11.8 Å². The first-order chi connectivity index (χ1) is 8.70. The van der Waals surface area contributed by atoms with Crippen molar-refractivity contribution in [2.45, 2.75) is 52.1 Å². The number of carbonyl (C=O) groups excluding carboxylic acids is 1. The number of carbonyl (C=O) groups is 1. The number of anilines is 1. The Morgan fingerprint density at radius 1 is 1.61 bits per heavy atom. The smallest absolute Gasteiger partial charge is 0.242 e. The predicted octanol–water partition coefficient (Wildman–Crippen LogP) is 1.68. The fourth-order valence-corrected chi connectivity index (χ4v) is 2.32. The van der Waals surface area contributed by atoms with E-state index in [1.807, 2.05) is 17.7 Å². The lowest BCUT2D eigenvalue weighted by molar-refractivity contribution is -0.118. The summed E-state index contributed by atoms with van der Waals surface area (Å²) < 4.78 is 1.87. The Morgan fingerprint density at radius 3 is 3.11 bits per heavy atom. The van der Waals surface area contributed by atoms with E-state index in [9.17, 15) is 4.79 Å². The lowest BCUT2D eigenvalue weighted by Crippen LogP contribution is -2.43. The normalized spacial score (nSPS) is 19.8. The molecular formula is C13H22N4O. The summed E-state index contributed by atoms with van der Waals surface area (Å²) in [5.74, 6) is 0.874. The van der Waals surface area contributed by atoms with Crippen LogP contribution in [0.1, 0.15) is 38.3 Å². The lowest BCUT2D eigenvalue weighted by Gasteiger charge is -2.22. The number of amides is 1. The largest absolute Gasteiger partial charge is 0.310 e. The van der Waals surface area contributed by atoms with Crippen LogP contribution >= 0.6 is 0 Å². The van der Waals surface area contributed by atoms with E-state index in [2.05, 4.69) is 22.7 Å². The molecule has 0 radical (unpaired) electrons. The molecule has 18 heavy (non-hydrogen) atoms. The molecule has 100 valence electrons. The zero-order valence-electron chi connectivity index (χ0n) is 11.2. The van der Waals surface area contributed by atoms with Crippen LogP contribution in [0, 0.1) is 6.92 Å². The van der Waals surface area contributed by atoms with E-state index in [-0.39, 0.29) is 11.9 Å². The molecule has 0 aliphatic carbocycles. The van der Waals surface area contributed by atoms with Crippen LogP contribution in [0.5, 0.6) is 0 Å². The Bertz CT molecular complexity index is 407. The van der Waals surface area contributed by atoms with E-state index in [4.69, 9.17) is 0 Å². The van der Waals surface area contributed by atoms with Crippen molar-refractivity contribution in [2.75, 3.05) is 11.9 Å². The molecule has 1 aliphatic heterocycles. The van der Waals surface area contributed by atoms with Gasteiger partial charge < -0.3 is 10.6 Å². The molecular weight excluding hydrogens is 228 g/mol. The summed E-state index contributed by atoms with van der Waals surface area (Å²) in [4.78, 5) is 12.1. The molecule has 0 unspecified atom stereocenters. The van der Waals surface area contributed by atoms with Crippen molar-refractivity contribution in [1.29, 1.82) is 0 Å². The summed E-state index contributed by atoms with van der Waals surface area (Å²) in [5.41, 5.74) is 0.940. The first-order valence-corrected chi connectivity index (χ1v) is 6.79. The summed E-state index contributed by atoms with van der Waals surface area (Å²) in [7, 11) is 0. The molecule has 1 fully saturated rings. The molecule has 1 aromatic rings. The Balaban J connectivity index is 2.01. The number of hydrogen-bond donors (Lipinski definition) is 2. The SMILES string of the molecule is CCCn1nc(C)cc1NC(=O)[C@@H]1CCCCN1. The minimum absolute atomic E-state index is 0.0518. The molecule has 1 saturated heterocycles. The maximum Gasteiger partial charge on any atom is 0.242 e. The van der Waals surface area contributed by atoms with Gasteiger partial charge in [0.15, 0.2) is 0 Å². The molecule has 2 N–H and O–H groups in total.